The molecule has 0 saturated heterocycles. The van der Waals surface area contributed by atoms with Crippen LogP contribution in [0.4, 0.5) is 0 Å². The molecule has 0 N–H and O–H groups in total. The van der Waals surface area contributed by atoms with E-state index in [2.05, 4.69) is 0 Å². The van der Waals surface area contributed by atoms with Crippen molar-refractivity contribution in [2.24, 2.45) is 0 Å². The van der Waals surface area contributed by atoms with Crippen LogP contribution in [-0.4, -0.2) is 6.61 Å². The van der Waals surface area contributed by atoms with Crippen molar-refractivity contribution in [3.63, 3.8) is 0 Å². The summed E-state index contributed by atoms with van der Waals surface area (Å²) in [5, 5.41) is 0. The summed E-state index contributed by atoms with van der Waals surface area (Å²) >= 11 is 5.50. The molecule has 1 rings (SSSR count). The predicted molar refractivity (Wildman–Crippen MR) is 56.3 cm³/mol. The van der Waals surface area contributed by atoms with E-state index in [1.165, 1.54) is 11.1 Å². The highest BCUT2D eigenvalue weighted by Crippen LogP contribution is 2.12. The van der Waals surface area contributed by atoms with Crippen molar-refractivity contribution in [2.75, 3.05) is 6.61 Å². The summed E-state index contributed by atoms with van der Waals surface area (Å²) in [5.41, 5.74) is 3.79. The lowest BCUT2D eigenvalue weighted by Crippen LogP contribution is -1.97. The third kappa shape index (κ3) is 3.51. The van der Waals surface area contributed by atoms with E-state index in [1.54, 1.807) is 0 Å². The fourth-order valence-corrected chi connectivity index (χ4v) is 0.926. The number of hydrogen-bond acceptors (Lipinski definition) is 1. The highest BCUT2D eigenvalue weighted by atomic mass is 35.5. The summed E-state index contributed by atoms with van der Waals surface area (Å²) in [7, 11) is 0. The molecule has 70 valence electrons. The third-order valence-corrected chi connectivity index (χ3v) is 2.05. The summed E-state index contributed by atoms with van der Waals surface area (Å²) in [5.74, 6) is 0.878. The monoisotopic (exact) mass is 196 g/mol. The first-order valence-corrected chi connectivity index (χ1v) is 4.61. The van der Waals surface area contributed by atoms with E-state index < -0.39 is 0 Å². The van der Waals surface area contributed by atoms with Crippen LogP contribution in [0.15, 0.2) is 35.4 Å². The molecule has 0 aliphatic rings. The number of hydrogen-bond donors (Lipinski definition) is 0. The Hall–Kier alpha value is -0.950. The first kappa shape index (κ1) is 10.1. The van der Waals surface area contributed by atoms with Gasteiger partial charge in [-0.2, -0.15) is 0 Å². The van der Waals surface area contributed by atoms with Gasteiger partial charge in [-0.05, 0) is 31.6 Å². The van der Waals surface area contributed by atoms with Gasteiger partial charge in [0.15, 0.2) is 0 Å². The molecular weight excluding hydrogens is 184 g/mol. The number of aryl methyl sites for hydroxylation is 1. The molecule has 1 nitrogen and oxygen atoms in total. The van der Waals surface area contributed by atoms with Crippen LogP contribution in [-0.2, 0) is 0 Å². The van der Waals surface area contributed by atoms with Crippen LogP contribution in [0.1, 0.15) is 12.5 Å². The van der Waals surface area contributed by atoms with Crippen LogP contribution in [0.2, 0.25) is 0 Å². The Bertz CT molecular complexity index is 287. The van der Waals surface area contributed by atoms with Gasteiger partial charge in [-0.3, -0.25) is 0 Å². The lowest BCUT2D eigenvalue weighted by atomic mass is 10.2. The van der Waals surface area contributed by atoms with Crippen LogP contribution < -0.4 is 4.74 Å². The number of rotatable bonds is 3. The molecular formula is C11H13ClO. The maximum absolute atomic E-state index is 5.50. The second kappa shape index (κ2) is 4.93. The zero-order chi connectivity index (χ0) is 9.68. The minimum Gasteiger partial charge on any atom is -0.489 e. The van der Waals surface area contributed by atoms with Gasteiger partial charge in [-0.25, -0.2) is 0 Å². The van der Waals surface area contributed by atoms with E-state index in [4.69, 9.17) is 16.3 Å². The molecule has 0 atom stereocenters. The summed E-state index contributed by atoms with van der Waals surface area (Å²) in [6.45, 7) is 4.53. The van der Waals surface area contributed by atoms with Crippen LogP contribution in [0.5, 0.6) is 5.75 Å². The summed E-state index contributed by atoms with van der Waals surface area (Å²) in [6.07, 6.45) is 0. The van der Waals surface area contributed by atoms with Gasteiger partial charge in [0, 0.05) is 5.54 Å². The lowest BCUT2D eigenvalue weighted by Gasteiger charge is -2.05. The van der Waals surface area contributed by atoms with Gasteiger partial charge in [0.25, 0.3) is 0 Å². The molecule has 0 bridgehead atoms. The Labute approximate surface area is 84.0 Å². The van der Waals surface area contributed by atoms with Crippen molar-refractivity contribution in [1.82, 2.24) is 0 Å². The predicted octanol–water partition coefficient (Wildman–Crippen LogP) is 3.52. The lowest BCUT2D eigenvalue weighted by molar-refractivity contribution is 0.352. The molecule has 13 heavy (non-hydrogen) atoms. The molecule has 0 aromatic heterocycles. The minimum atomic E-state index is 0.548. The van der Waals surface area contributed by atoms with Gasteiger partial charge in [0.05, 0.1) is 0 Å². The Balaban J connectivity index is 2.51. The summed E-state index contributed by atoms with van der Waals surface area (Å²) < 4.78 is 5.46. The fourth-order valence-electron chi connectivity index (χ4n) is 0.863. The highest BCUT2D eigenvalue weighted by molar-refractivity contribution is 6.25. The Kier molecular flexibility index (Phi) is 3.84. The molecule has 0 heterocycles. The number of ether oxygens (including phenoxy) is 1. The zero-order valence-electron chi connectivity index (χ0n) is 7.88. The Morgan fingerprint density at radius 1 is 1.38 bits per heavy atom. The molecule has 0 fully saturated rings. The molecule has 0 aliphatic carbocycles. The van der Waals surface area contributed by atoms with Crippen molar-refractivity contribution in [3.8, 4) is 5.75 Å². The Morgan fingerprint density at radius 3 is 2.54 bits per heavy atom. The molecule has 1 aromatic rings. The number of halogens is 1. The SMILES string of the molecule is C/C(=C\Cl)COc1ccc(C)cc1. The molecule has 0 unspecified atom stereocenters. The van der Waals surface area contributed by atoms with Gasteiger partial charge in [0.1, 0.15) is 12.4 Å². The van der Waals surface area contributed by atoms with Gasteiger partial charge >= 0.3 is 0 Å². The topological polar surface area (TPSA) is 9.23 Å². The van der Waals surface area contributed by atoms with E-state index in [9.17, 15) is 0 Å². The van der Waals surface area contributed by atoms with Gasteiger partial charge in [-0.1, -0.05) is 29.3 Å². The van der Waals surface area contributed by atoms with Crippen molar-refractivity contribution in [2.45, 2.75) is 13.8 Å². The zero-order valence-corrected chi connectivity index (χ0v) is 8.64. The van der Waals surface area contributed by atoms with Crippen molar-refractivity contribution in [1.29, 1.82) is 0 Å². The standard InChI is InChI=1S/C11H13ClO/c1-9-3-5-11(6-4-9)13-8-10(2)7-12/h3-7H,8H2,1-2H3/b10-7+. The molecule has 2 heteroatoms. The number of benzene rings is 1. The van der Waals surface area contributed by atoms with Crippen molar-refractivity contribution in [3.05, 3.63) is 40.9 Å². The molecule has 1 aromatic carbocycles. The van der Waals surface area contributed by atoms with Gasteiger partial charge in [-0.15, -0.1) is 0 Å². The van der Waals surface area contributed by atoms with Crippen LogP contribution in [0.25, 0.3) is 0 Å². The van der Waals surface area contributed by atoms with Crippen molar-refractivity contribution >= 4 is 11.6 Å². The molecule has 0 aliphatic heterocycles. The first-order valence-electron chi connectivity index (χ1n) is 4.17. The van der Waals surface area contributed by atoms with E-state index in [1.807, 2.05) is 38.1 Å². The first-order chi connectivity index (χ1) is 6.22. The minimum absolute atomic E-state index is 0.548. The van der Waals surface area contributed by atoms with Crippen LogP contribution in [0.3, 0.4) is 0 Å². The highest BCUT2D eigenvalue weighted by Gasteiger charge is 1.93. The normalized spacial score (nSPS) is 11.5. The molecule has 0 amide bonds. The Morgan fingerprint density at radius 2 is 2.00 bits per heavy atom. The van der Waals surface area contributed by atoms with Crippen LogP contribution in [0, 0.1) is 6.92 Å². The quantitative estimate of drug-likeness (QED) is 0.719. The average molecular weight is 197 g/mol. The largest absolute Gasteiger partial charge is 0.489 e. The smallest absolute Gasteiger partial charge is 0.119 e. The molecule has 0 radical (unpaired) electrons. The van der Waals surface area contributed by atoms with E-state index in [0.717, 1.165) is 11.3 Å². The second-order valence-corrected chi connectivity index (χ2v) is 3.28. The van der Waals surface area contributed by atoms with Gasteiger partial charge in [0.2, 0.25) is 0 Å². The van der Waals surface area contributed by atoms with E-state index in [-0.39, 0.29) is 0 Å². The maximum atomic E-state index is 5.50. The average Bonchev–Trinajstić information content (AvgIpc) is 2.16. The fraction of sp³-hybridized carbons (Fsp3) is 0.273. The van der Waals surface area contributed by atoms with Crippen molar-refractivity contribution < 1.29 is 4.74 Å². The molecule has 0 saturated carbocycles. The summed E-state index contributed by atoms with van der Waals surface area (Å²) in [6, 6.07) is 7.96. The molecule has 0 spiro atoms. The maximum Gasteiger partial charge on any atom is 0.119 e. The second-order valence-electron chi connectivity index (χ2n) is 3.06. The van der Waals surface area contributed by atoms with Crippen LogP contribution >= 0.6 is 11.6 Å². The third-order valence-electron chi connectivity index (χ3n) is 1.67. The van der Waals surface area contributed by atoms with E-state index >= 15 is 0 Å². The van der Waals surface area contributed by atoms with E-state index in [0.29, 0.717) is 6.61 Å². The van der Waals surface area contributed by atoms with Gasteiger partial charge < -0.3 is 4.74 Å². The summed E-state index contributed by atoms with van der Waals surface area (Å²) in [4.78, 5) is 0.